The predicted octanol–water partition coefficient (Wildman–Crippen LogP) is 3.49. The quantitative estimate of drug-likeness (QED) is 0.587. The molecule has 1 aliphatic heterocycles. The molecule has 0 aliphatic carbocycles. The Morgan fingerprint density at radius 2 is 2.08 bits per heavy atom. The van der Waals surface area contributed by atoms with Crippen molar-refractivity contribution in [2.24, 2.45) is 0 Å². The normalized spacial score (nSPS) is 17.5. The number of benzene rings is 1. The highest BCUT2D eigenvalue weighted by Crippen LogP contribution is 2.24. The fraction of sp³-hybridized carbons (Fsp3) is 0.529. The number of halogens is 1. The molecule has 1 aromatic rings. The van der Waals surface area contributed by atoms with Gasteiger partial charge in [-0.15, -0.1) is 0 Å². The minimum absolute atomic E-state index is 0.00686. The third kappa shape index (κ3) is 5.42. The molecule has 26 heavy (non-hydrogen) atoms. The molecular formula is C17H22BrN3O5. The van der Waals surface area contributed by atoms with Crippen LogP contribution in [-0.2, 0) is 4.74 Å². The summed E-state index contributed by atoms with van der Waals surface area (Å²) >= 11 is 3.17. The van der Waals surface area contributed by atoms with Crippen molar-refractivity contribution in [2.75, 3.05) is 13.1 Å². The molecule has 0 saturated carbocycles. The maximum atomic E-state index is 12.5. The lowest BCUT2D eigenvalue weighted by molar-refractivity contribution is -0.385. The van der Waals surface area contributed by atoms with Gasteiger partial charge in [0.15, 0.2) is 0 Å². The van der Waals surface area contributed by atoms with Gasteiger partial charge in [0.25, 0.3) is 11.6 Å². The molecule has 0 aromatic heterocycles. The smallest absolute Gasteiger partial charge is 0.410 e. The first-order valence-corrected chi connectivity index (χ1v) is 9.09. The van der Waals surface area contributed by atoms with Crippen molar-refractivity contribution in [3.05, 3.63) is 38.3 Å². The number of nitrogens with one attached hydrogen (secondary N) is 1. The highest BCUT2D eigenvalue weighted by Gasteiger charge is 2.29. The second-order valence-corrected chi connectivity index (χ2v) is 8.07. The summed E-state index contributed by atoms with van der Waals surface area (Å²) in [5, 5.41) is 14.0. The summed E-state index contributed by atoms with van der Waals surface area (Å²) in [4.78, 5) is 36.8. The van der Waals surface area contributed by atoms with E-state index < -0.39 is 22.5 Å². The number of piperidine rings is 1. The molecule has 1 N–H and O–H groups in total. The molecule has 1 fully saturated rings. The molecule has 0 spiro atoms. The molecule has 2 rings (SSSR count). The van der Waals surface area contributed by atoms with E-state index >= 15 is 0 Å². The number of nitro benzene ring substituents is 1. The third-order valence-corrected chi connectivity index (χ3v) is 4.30. The summed E-state index contributed by atoms with van der Waals surface area (Å²) in [6, 6.07) is 4.00. The molecule has 1 aromatic carbocycles. The second-order valence-electron chi connectivity index (χ2n) is 7.16. The minimum atomic E-state index is -0.592. The number of nitro groups is 1. The number of amides is 2. The summed E-state index contributed by atoms with van der Waals surface area (Å²) < 4.78 is 5.88. The van der Waals surface area contributed by atoms with Crippen molar-refractivity contribution in [3.63, 3.8) is 0 Å². The van der Waals surface area contributed by atoms with Gasteiger partial charge in [-0.2, -0.15) is 0 Å². The Hall–Kier alpha value is -2.16. The van der Waals surface area contributed by atoms with Gasteiger partial charge in [0.05, 0.1) is 4.92 Å². The van der Waals surface area contributed by atoms with Crippen LogP contribution in [0.5, 0.6) is 0 Å². The van der Waals surface area contributed by atoms with Crippen LogP contribution >= 0.6 is 15.9 Å². The number of carbonyl (C=O) groups excluding carboxylic acids is 2. The lowest BCUT2D eigenvalue weighted by Gasteiger charge is -2.34. The Balaban J connectivity index is 2.05. The van der Waals surface area contributed by atoms with Crippen LogP contribution in [0.15, 0.2) is 22.7 Å². The van der Waals surface area contributed by atoms with E-state index in [1.807, 2.05) is 0 Å². The van der Waals surface area contributed by atoms with Crippen LogP contribution < -0.4 is 5.32 Å². The largest absolute Gasteiger partial charge is 0.444 e. The Bertz CT molecular complexity index is 717. The summed E-state index contributed by atoms with van der Waals surface area (Å²) in [6.45, 7) is 6.24. The molecule has 2 amide bonds. The number of hydrogen-bond donors (Lipinski definition) is 1. The molecule has 8 nitrogen and oxygen atoms in total. The number of likely N-dealkylation sites (tertiary alicyclic amines) is 1. The topological polar surface area (TPSA) is 102 Å². The third-order valence-electron chi connectivity index (χ3n) is 3.81. The van der Waals surface area contributed by atoms with Crippen LogP contribution in [0.2, 0.25) is 0 Å². The first-order valence-electron chi connectivity index (χ1n) is 8.29. The lowest BCUT2D eigenvalue weighted by Crippen LogP contribution is -2.50. The van der Waals surface area contributed by atoms with Crippen molar-refractivity contribution in [1.29, 1.82) is 0 Å². The molecule has 0 radical (unpaired) electrons. The fourth-order valence-corrected chi connectivity index (χ4v) is 3.05. The van der Waals surface area contributed by atoms with Crippen molar-refractivity contribution in [2.45, 2.75) is 45.3 Å². The van der Waals surface area contributed by atoms with E-state index in [1.165, 1.54) is 12.1 Å². The average Bonchev–Trinajstić information content (AvgIpc) is 2.53. The Morgan fingerprint density at radius 1 is 1.38 bits per heavy atom. The zero-order chi connectivity index (χ0) is 19.5. The van der Waals surface area contributed by atoms with E-state index in [1.54, 1.807) is 31.7 Å². The standard InChI is InChI=1S/C17H22BrN3O5/c1-17(2,3)26-16(23)20-8-4-5-12(10-20)19-15(22)13-7-6-11(18)9-14(13)21(24)25/h6-7,9,12H,4-5,8,10H2,1-3H3,(H,19,22). The molecule has 1 unspecified atom stereocenters. The van der Waals surface area contributed by atoms with E-state index in [-0.39, 0.29) is 17.3 Å². The van der Waals surface area contributed by atoms with Crippen LogP contribution in [0.1, 0.15) is 44.0 Å². The van der Waals surface area contributed by atoms with E-state index in [0.29, 0.717) is 30.4 Å². The SMILES string of the molecule is CC(C)(C)OC(=O)N1CCCC(NC(=O)c2ccc(Br)cc2[N+](=O)[O-])C1. The number of hydrogen-bond acceptors (Lipinski definition) is 5. The molecule has 142 valence electrons. The monoisotopic (exact) mass is 427 g/mol. The van der Waals surface area contributed by atoms with E-state index in [4.69, 9.17) is 4.74 Å². The second kappa shape index (κ2) is 8.03. The maximum Gasteiger partial charge on any atom is 0.410 e. The van der Waals surface area contributed by atoms with Gasteiger partial charge in [0, 0.05) is 29.7 Å². The van der Waals surface area contributed by atoms with Crippen LogP contribution in [0, 0.1) is 10.1 Å². The van der Waals surface area contributed by atoms with Gasteiger partial charge in [0.1, 0.15) is 11.2 Å². The Labute approximate surface area is 160 Å². The Kier molecular flexibility index (Phi) is 6.22. The molecule has 1 atom stereocenters. The summed E-state index contributed by atoms with van der Waals surface area (Å²) in [5.74, 6) is -0.528. The highest BCUT2D eigenvalue weighted by molar-refractivity contribution is 9.10. The fourth-order valence-electron chi connectivity index (χ4n) is 2.70. The molecule has 9 heteroatoms. The first kappa shape index (κ1) is 20.2. The maximum absolute atomic E-state index is 12.5. The molecule has 0 bridgehead atoms. The Morgan fingerprint density at radius 3 is 2.69 bits per heavy atom. The zero-order valence-corrected chi connectivity index (χ0v) is 16.5. The van der Waals surface area contributed by atoms with Gasteiger partial charge in [-0.25, -0.2) is 4.79 Å². The van der Waals surface area contributed by atoms with Crippen LogP contribution in [0.3, 0.4) is 0 Å². The van der Waals surface area contributed by atoms with Gasteiger partial charge >= 0.3 is 6.09 Å². The predicted molar refractivity (Wildman–Crippen MR) is 99.1 cm³/mol. The summed E-state index contributed by atoms with van der Waals surface area (Å²) in [5.41, 5.74) is -0.866. The van der Waals surface area contributed by atoms with E-state index in [2.05, 4.69) is 21.2 Å². The van der Waals surface area contributed by atoms with Crippen molar-refractivity contribution < 1.29 is 19.2 Å². The van der Waals surface area contributed by atoms with Gasteiger partial charge in [0.2, 0.25) is 0 Å². The first-order chi connectivity index (χ1) is 12.1. The number of ether oxygens (including phenoxy) is 1. The molecule has 1 aliphatic rings. The van der Waals surface area contributed by atoms with Gasteiger partial charge in [-0.3, -0.25) is 14.9 Å². The summed E-state index contributed by atoms with van der Waals surface area (Å²) in [6.07, 6.45) is 0.980. The van der Waals surface area contributed by atoms with Crippen molar-refractivity contribution in [3.8, 4) is 0 Å². The summed E-state index contributed by atoms with van der Waals surface area (Å²) in [7, 11) is 0. The van der Waals surface area contributed by atoms with E-state index in [9.17, 15) is 19.7 Å². The highest BCUT2D eigenvalue weighted by atomic mass is 79.9. The van der Waals surface area contributed by atoms with E-state index in [0.717, 1.165) is 0 Å². The van der Waals surface area contributed by atoms with Gasteiger partial charge < -0.3 is 15.0 Å². The van der Waals surface area contributed by atoms with Crippen LogP contribution in [0.4, 0.5) is 10.5 Å². The zero-order valence-electron chi connectivity index (χ0n) is 15.0. The molecular weight excluding hydrogens is 406 g/mol. The molecule has 1 heterocycles. The lowest BCUT2D eigenvalue weighted by atomic mass is 10.0. The average molecular weight is 428 g/mol. The van der Waals surface area contributed by atoms with Crippen LogP contribution in [0.25, 0.3) is 0 Å². The number of rotatable bonds is 3. The van der Waals surface area contributed by atoms with Crippen LogP contribution in [-0.4, -0.2) is 46.6 Å². The van der Waals surface area contributed by atoms with Gasteiger partial charge in [-0.1, -0.05) is 15.9 Å². The van der Waals surface area contributed by atoms with Gasteiger partial charge in [-0.05, 0) is 45.7 Å². The van der Waals surface area contributed by atoms with Crippen molar-refractivity contribution in [1.82, 2.24) is 10.2 Å². The molecule has 1 saturated heterocycles. The van der Waals surface area contributed by atoms with Crippen molar-refractivity contribution >= 4 is 33.6 Å². The minimum Gasteiger partial charge on any atom is -0.444 e. The number of carbonyl (C=O) groups is 2. The number of nitrogens with zero attached hydrogens (tertiary/aromatic N) is 2.